The Morgan fingerprint density at radius 1 is 1.21 bits per heavy atom. The molecule has 1 N–H and O–H groups in total. The molecule has 0 radical (unpaired) electrons. The molecule has 4 unspecified atom stereocenters. The zero-order valence-electron chi connectivity index (χ0n) is 16.8. The molecule has 7 nitrogen and oxygen atoms in total. The average molecular weight is 386 g/mol. The summed E-state index contributed by atoms with van der Waals surface area (Å²) in [5.41, 5.74) is 0.695. The minimum absolute atomic E-state index is 0.143. The molecule has 4 atom stereocenters. The SMILES string of the molecule is COC(=O)C1C(C)C(C(=O)O)N(C(=O)CC(C)(C)C)C1c1ccc(C#N)cc1. The lowest BCUT2D eigenvalue weighted by molar-refractivity contribution is -0.151. The van der Waals surface area contributed by atoms with Crippen LogP contribution in [0.4, 0.5) is 0 Å². The number of amides is 1. The van der Waals surface area contributed by atoms with Gasteiger partial charge in [-0.25, -0.2) is 4.79 Å². The van der Waals surface area contributed by atoms with E-state index < -0.39 is 35.9 Å². The third-order valence-corrected chi connectivity index (χ3v) is 5.08. The first-order valence-electron chi connectivity index (χ1n) is 9.13. The number of likely N-dealkylation sites (tertiary alicyclic amines) is 1. The van der Waals surface area contributed by atoms with Crippen LogP contribution in [0.3, 0.4) is 0 Å². The van der Waals surface area contributed by atoms with Gasteiger partial charge in [-0.05, 0) is 23.1 Å². The zero-order chi connectivity index (χ0) is 21.2. The quantitative estimate of drug-likeness (QED) is 0.797. The van der Waals surface area contributed by atoms with E-state index in [1.54, 1.807) is 31.2 Å². The Morgan fingerprint density at radius 3 is 2.21 bits per heavy atom. The summed E-state index contributed by atoms with van der Waals surface area (Å²) in [6.45, 7) is 7.35. The molecule has 28 heavy (non-hydrogen) atoms. The van der Waals surface area contributed by atoms with Gasteiger partial charge in [0.25, 0.3) is 0 Å². The summed E-state index contributed by atoms with van der Waals surface area (Å²) in [5, 5.41) is 18.9. The van der Waals surface area contributed by atoms with E-state index in [9.17, 15) is 19.5 Å². The number of esters is 1. The Bertz CT molecular complexity index is 804. The van der Waals surface area contributed by atoms with E-state index >= 15 is 0 Å². The van der Waals surface area contributed by atoms with Gasteiger partial charge < -0.3 is 14.7 Å². The highest BCUT2D eigenvalue weighted by Gasteiger charge is 2.55. The van der Waals surface area contributed by atoms with Crippen LogP contribution in [0.25, 0.3) is 0 Å². The third-order valence-electron chi connectivity index (χ3n) is 5.08. The predicted octanol–water partition coefficient (Wildman–Crippen LogP) is 2.76. The van der Waals surface area contributed by atoms with Gasteiger partial charge in [-0.15, -0.1) is 0 Å². The first-order chi connectivity index (χ1) is 13.0. The molecule has 1 amide bonds. The van der Waals surface area contributed by atoms with Crippen molar-refractivity contribution in [2.75, 3.05) is 7.11 Å². The van der Waals surface area contributed by atoms with Crippen molar-refractivity contribution < 1.29 is 24.2 Å². The number of carboxylic acids is 1. The molecule has 0 saturated carbocycles. The number of nitrogens with zero attached hydrogens (tertiary/aromatic N) is 2. The fraction of sp³-hybridized carbons (Fsp3) is 0.524. The van der Waals surface area contributed by atoms with Crippen molar-refractivity contribution in [2.45, 2.75) is 46.2 Å². The minimum atomic E-state index is -1.15. The highest BCUT2D eigenvalue weighted by molar-refractivity contribution is 5.88. The maximum Gasteiger partial charge on any atom is 0.326 e. The van der Waals surface area contributed by atoms with Crippen LogP contribution < -0.4 is 0 Å². The molecule has 2 rings (SSSR count). The monoisotopic (exact) mass is 386 g/mol. The predicted molar refractivity (Wildman–Crippen MR) is 101 cm³/mol. The molecule has 1 aliphatic heterocycles. The summed E-state index contributed by atoms with van der Waals surface area (Å²) < 4.78 is 4.94. The fourth-order valence-electron chi connectivity index (χ4n) is 3.88. The molecule has 1 fully saturated rings. The second kappa shape index (κ2) is 8.01. The van der Waals surface area contributed by atoms with Crippen LogP contribution in [0.5, 0.6) is 0 Å². The topological polar surface area (TPSA) is 108 Å². The van der Waals surface area contributed by atoms with E-state index in [2.05, 4.69) is 0 Å². The number of ether oxygens (including phenoxy) is 1. The van der Waals surface area contributed by atoms with Gasteiger partial charge >= 0.3 is 11.9 Å². The number of hydrogen-bond donors (Lipinski definition) is 1. The van der Waals surface area contributed by atoms with Gasteiger partial charge in [0, 0.05) is 12.3 Å². The first-order valence-corrected chi connectivity index (χ1v) is 9.13. The number of aliphatic carboxylic acids is 1. The van der Waals surface area contributed by atoms with Crippen LogP contribution in [0.1, 0.15) is 51.3 Å². The number of hydrogen-bond acceptors (Lipinski definition) is 5. The van der Waals surface area contributed by atoms with E-state index in [4.69, 9.17) is 10.00 Å². The van der Waals surface area contributed by atoms with Crippen LogP contribution in [-0.4, -0.2) is 41.0 Å². The zero-order valence-corrected chi connectivity index (χ0v) is 16.8. The summed E-state index contributed by atoms with van der Waals surface area (Å²) in [4.78, 5) is 39.0. The third kappa shape index (κ3) is 4.16. The van der Waals surface area contributed by atoms with Gasteiger partial charge in [0.15, 0.2) is 0 Å². The van der Waals surface area contributed by atoms with Crippen molar-refractivity contribution >= 4 is 17.8 Å². The fourth-order valence-corrected chi connectivity index (χ4v) is 3.88. The number of nitriles is 1. The second-order valence-electron chi connectivity index (χ2n) is 8.41. The lowest BCUT2D eigenvalue weighted by atomic mass is 9.85. The number of methoxy groups -OCH3 is 1. The number of carbonyl (C=O) groups is 3. The lowest BCUT2D eigenvalue weighted by Crippen LogP contribution is -2.44. The molecular weight excluding hydrogens is 360 g/mol. The number of carboxylic acid groups (broad SMARTS) is 1. The minimum Gasteiger partial charge on any atom is -0.480 e. The molecule has 1 heterocycles. The maximum atomic E-state index is 13.1. The summed E-state index contributed by atoms with van der Waals surface area (Å²) in [7, 11) is 1.25. The molecule has 1 aromatic carbocycles. The molecule has 1 aliphatic rings. The summed E-state index contributed by atoms with van der Waals surface area (Å²) in [6, 6.07) is 6.62. The van der Waals surface area contributed by atoms with E-state index in [0.29, 0.717) is 11.1 Å². The Kier molecular flexibility index (Phi) is 6.13. The van der Waals surface area contributed by atoms with Crippen molar-refractivity contribution in [3.05, 3.63) is 35.4 Å². The van der Waals surface area contributed by atoms with Crippen LogP contribution >= 0.6 is 0 Å². The smallest absolute Gasteiger partial charge is 0.326 e. The molecule has 7 heteroatoms. The van der Waals surface area contributed by atoms with Crippen LogP contribution in [0.15, 0.2) is 24.3 Å². The molecule has 1 aromatic rings. The summed E-state index contributed by atoms with van der Waals surface area (Å²) >= 11 is 0. The molecule has 0 bridgehead atoms. The molecule has 0 aliphatic carbocycles. The Hall–Kier alpha value is -2.88. The highest BCUT2D eigenvalue weighted by Crippen LogP contribution is 2.46. The van der Waals surface area contributed by atoms with E-state index in [1.165, 1.54) is 12.0 Å². The van der Waals surface area contributed by atoms with Crippen LogP contribution in [0, 0.1) is 28.6 Å². The van der Waals surface area contributed by atoms with Gasteiger partial charge in [0.1, 0.15) is 6.04 Å². The van der Waals surface area contributed by atoms with Crippen molar-refractivity contribution in [1.29, 1.82) is 5.26 Å². The van der Waals surface area contributed by atoms with Gasteiger partial charge in [0.05, 0.1) is 30.7 Å². The van der Waals surface area contributed by atoms with Crippen molar-refractivity contribution in [3.8, 4) is 6.07 Å². The standard InChI is InChI=1S/C21H26N2O5/c1-12-16(20(27)28-5)18(14-8-6-13(11-22)7-9-14)23(17(12)19(25)26)15(24)10-21(2,3)4/h6-9,12,16-18H,10H2,1-5H3,(H,25,26). The molecule has 150 valence electrons. The average Bonchev–Trinajstić information content (AvgIpc) is 2.93. The molecule has 1 saturated heterocycles. The normalized spacial score (nSPS) is 24.5. The van der Waals surface area contributed by atoms with E-state index in [0.717, 1.165) is 0 Å². The number of rotatable bonds is 4. The summed E-state index contributed by atoms with van der Waals surface area (Å²) in [6.07, 6.45) is 0.143. The number of carbonyl (C=O) groups excluding carboxylic acids is 2. The largest absolute Gasteiger partial charge is 0.480 e. The molecular formula is C21H26N2O5. The van der Waals surface area contributed by atoms with Crippen LogP contribution in [-0.2, 0) is 19.1 Å². The highest BCUT2D eigenvalue weighted by atomic mass is 16.5. The Morgan fingerprint density at radius 2 is 1.79 bits per heavy atom. The lowest BCUT2D eigenvalue weighted by Gasteiger charge is -2.32. The van der Waals surface area contributed by atoms with Crippen molar-refractivity contribution in [1.82, 2.24) is 4.90 Å². The second-order valence-corrected chi connectivity index (χ2v) is 8.41. The number of benzene rings is 1. The first kappa shape index (κ1) is 21.4. The van der Waals surface area contributed by atoms with Crippen LogP contribution in [0.2, 0.25) is 0 Å². The van der Waals surface area contributed by atoms with Crippen molar-refractivity contribution in [2.24, 2.45) is 17.3 Å². The van der Waals surface area contributed by atoms with Gasteiger partial charge in [-0.1, -0.05) is 39.8 Å². The Labute approximate surface area is 164 Å². The molecule has 0 aromatic heterocycles. The maximum absolute atomic E-state index is 13.1. The molecule has 0 spiro atoms. The van der Waals surface area contributed by atoms with Gasteiger partial charge in [-0.3, -0.25) is 9.59 Å². The Balaban J connectivity index is 2.61. The van der Waals surface area contributed by atoms with Crippen molar-refractivity contribution in [3.63, 3.8) is 0 Å². The van der Waals surface area contributed by atoms with Gasteiger partial charge in [-0.2, -0.15) is 5.26 Å². The van der Waals surface area contributed by atoms with E-state index in [-0.39, 0.29) is 17.7 Å². The summed E-state index contributed by atoms with van der Waals surface area (Å²) in [5.74, 6) is -3.48. The van der Waals surface area contributed by atoms with E-state index in [1.807, 2.05) is 26.8 Å². The van der Waals surface area contributed by atoms with Gasteiger partial charge in [0.2, 0.25) is 5.91 Å².